The van der Waals surface area contributed by atoms with Gasteiger partial charge in [0.25, 0.3) is 0 Å². The Morgan fingerprint density at radius 1 is 0.833 bits per heavy atom. The van der Waals surface area contributed by atoms with E-state index >= 15 is 0 Å². The van der Waals surface area contributed by atoms with Crippen molar-refractivity contribution in [2.24, 2.45) is 0 Å². The lowest BCUT2D eigenvalue weighted by Gasteiger charge is -2.25. The molecule has 0 aliphatic carbocycles. The van der Waals surface area contributed by atoms with Crippen molar-refractivity contribution in [1.29, 1.82) is 0 Å². The zero-order chi connectivity index (χ0) is 17.2. The monoisotopic (exact) mass is 331 g/mol. The molecular formula is C22H25NSi. The fourth-order valence-electron chi connectivity index (χ4n) is 3.14. The Bertz CT molecular complexity index is 804. The molecule has 1 atom stereocenters. The first-order valence-electron chi connectivity index (χ1n) is 8.57. The maximum atomic E-state index is 4.79. The van der Waals surface area contributed by atoms with E-state index in [1.807, 2.05) is 6.07 Å². The predicted molar refractivity (Wildman–Crippen MR) is 107 cm³/mol. The Kier molecular flexibility index (Phi) is 4.68. The van der Waals surface area contributed by atoms with Gasteiger partial charge >= 0.3 is 0 Å². The van der Waals surface area contributed by atoms with Crippen LogP contribution in [0.1, 0.15) is 24.0 Å². The van der Waals surface area contributed by atoms with Crippen LogP contribution in [0, 0.1) is 0 Å². The number of nitrogens with zero attached hydrogens (tertiary/aromatic N) is 1. The average Bonchev–Trinajstić information content (AvgIpc) is 2.61. The molecule has 0 aliphatic rings. The number of hydrogen-bond acceptors (Lipinski definition) is 1. The van der Waals surface area contributed by atoms with Crippen LogP contribution in [0.2, 0.25) is 19.6 Å². The highest BCUT2D eigenvalue weighted by atomic mass is 28.3. The first-order chi connectivity index (χ1) is 11.5. The summed E-state index contributed by atoms with van der Waals surface area (Å²) in [5.41, 5.74) is 5.04. The Labute approximate surface area is 146 Å². The van der Waals surface area contributed by atoms with Gasteiger partial charge in [-0.2, -0.15) is 0 Å². The van der Waals surface area contributed by atoms with E-state index in [1.165, 1.54) is 21.9 Å². The van der Waals surface area contributed by atoms with Crippen LogP contribution in [-0.4, -0.2) is 13.1 Å². The molecule has 122 valence electrons. The van der Waals surface area contributed by atoms with Gasteiger partial charge in [0.05, 0.1) is 13.8 Å². The van der Waals surface area contributed by atoms with Crippen LogP contribution in [0.3, 0.4) is 0 Å². The molecule has 1 heterocycles. The molecular weight excluding hydrogens is 306 g/mol. The van der Waals surface area contributed by atoms with E-state index in [4.69, 9.17) is 4.98 Å². The van der Waals surface area contributed by atoms with Gasteiger partial charge in [-0.15, -0.1) is 0 Å². The second-order valence-electron chi connectivity index (χ2n) is 7.41. The molecule has 3 rings (SSSR count). The lowest BCUT2D eigenvalue weighted by Crippen LogP contribution is -2.41. The third-order valence-corrected chi connectivity index (χ3v) is 6.61. The molecule has 3 aromatic rings. The Balaban J connectivity index is 2.13. The van der Waals surface area contributed by atoms with Crippen molar-refractivity contribution in [3.8, 4) is 11.3 Å². The van der Waals surface area contributed by atoms with E-state index in [0.29, 0.717) is 5.92 Å². The van der Waals surface area contributed by atoms with Crippen molar-refractivity contribution in [3.63, 3.8) is 0 Å². The Morgan fingerprint density at radius 2 is 1.42 bits per heavy atom. The standard InChI is InChI=1S/C22H25NSi/c1-17(18-11-7-5-8-12-18)20-15-21(19-13-9-6-10-14-19)23-16-22(20)24(2,3)4/h5-17H,1-4H3. The van der Waals surface area contributed by atoms with E-state index in [9.17, 15) is 0 Å². The SMILES string of the molecule is CC(c1ccccc1)c1cc(-c2ccccc2)ncc1[Si](C)(C)C. The lowest BCUT2D eigenvalue weighted by atomic mass is 9.92. The van der Waals surface area contributed by atoms with Gasteiger partial charge < -0.3 is 0 Å². The molecule has 0 amide bonds. The fourth-order valence-corrected chi connectivity index (χ4v) is 4.75. The van der Waals surface area contributed by atoms with E-state index in [-0.39, 0.29) is 0 Å². The smallest absolute Gasteiger partial charge is 0.0800 e. The molecule has 2 heteroatoms. The Hall–Kier alpha value is -2.19. The van der Waals surface area contributed by atoms with Crippen LogP contribution in [-0.2, 0) is 0 Å². The summed E-state index contributed by atoms with van der Waals surface area (Å²) in [4.78, 5) is 4.79. The largest absolute Gasteiger partial charge is 0.256 e. The van der Waals surface area contributed by atoms with Crippen LogP contribution in [0.4, 0.5) is 0 Å². The molecule has 24 heavy (non-hydrogen) atoms. The minimum atomic E-state index is -1.46. The summed E-state index contributed by atoms with van der Waals surface area (Å²) in [5.74, 6) is 0.374. The highest BCUT2D eigenvalue weighted by molar-refractivity contribution is 6.89. The summed E-state index contributed by atoms with van der Waals surface area (Å²) in [6, 6.07) is 23.5. The van der Waals surface area contributed by atoms with Crippen molar-refractivity contribution in [2.75, 3.05) is 0 Å². The first kappa shape index (κ1) is 16.7. The highest BCUT2D eigenvalue weighted by Gasteiger charge is 2.24. The molecule has 0 N–H and O–H groups in total. The molecule has 0 fully saturated rings. The molecule has 1 unspecified atom stereocenters. The minimum absolute atomic E-state index is 0.374. The van der Waals surface area contributed by atoms with Crippen molar-refractivity contribution < 1.29 is 0 Å². The topological polar surface area (TPSA) is 12.9 Å². The summed E-state index contributed by atoms with van der Waals surface area (Å²) in [7, 11) is -1.46. The third kappa shape index (κ3) is 3.49. The normalized spacial score (nSPS) is 12.8. The fraction of sp³-hybridized carbons (Fsp3) is 0.227. The van der Waals surface area contributed by atoms with Crippen molar-refractivity contribution >= 4 is 13.3 Å². The molecule has 2 aromatic carbocycles. The maximum absolute atomic E-state index is 4.79. The van der Waals surface area contributed by atoms with Crippen molar-refractivity contribution in [3.05, 3.63) is 84.1 Å². The molecule has 0 bridgehead atoms. The van der Waals surface area contributed by atoms with Gasteiger partial charge in [0.15, 0.2) is 0 Å². The summed E-state index contributed by atoms with van der Waals surface area (Å²) >= 11 is 0. The second kappa shape index (κ2) is 6.74. The van der Waals surface area contributed by atoms with Crippen LogP contribution < -0.4 is 5.19 Å². The first-order valence-corrected chi connectivity index (χ1v) is 12.1. The quantitative estimate of drug-likeness (QED) is 0.580. The van der Waals surface area contributed by atoms with Gasteiger partial charge in [0, 0.05) is 17.7 Å². The van der Waals surface area contributed by atoms with E-state index in [1.54, 1.807) is 0 Å². The van der Waals surface area contributed by atoms with Crippen molar-refractivity contribution in [1.82, 2.24) is 4.98 Å². The van der Waals surface area contributed by atoms with Crippen LogP contribution in [0.5, 0.6) is 0 Å². The van der Waals surface area contributed by atoms with Gasteiger partial charge in [-0.3, -0.25) is 4.98 Å². The van der Waals surface area contributed by atoms with Crippen molar-refractivity contribution in [2.45, 2.75) is 32.5 Å². The van der Waals surface area contributed by atoms with E-state index in [0.717, 1.165) is 5.69 Å². The number of benzene rings is 2. The van der Waals surface area contributed by atoms with Gasteiger partial charge in [-0.1, -0.05) is 87.2 Å². The lowest BCUT2D eigenvalue weighted by molar-refractivity contribution is 0.925. The van der Waals surface area contributed by atoms with E-state index in [2.05, 4.69) is 93.4 Å². The molecule has 0 saturated heterocycles. The zero-order valence-corrected chi connectivity index (χ0v) is 16.0. The number of hydrogen-bond donors (Lipinski definition) is 0. The molecule has 0 saturated carbocycles. The molecule has 0 radical (unpaired) electrons. The second-order valence-corrected chi connectivity index (χ2v) is 12.4. The van der Waals surface area contributed by atoms with Gasteiger partial charge in [-0.25, -0.2) is 0 Å². The number of aromatic nitrogens is 1. The summed E-state index contributed by atoms with van der Waals surface area (Å²) in [6.07, 6.45) is 2.13. The van der Waals surface area contributed by atoms with Gasteiger partial charge in [0.2, 0.25) is 0 Å². The zero-order valence-electron chi connectivity index (χ0n) is 15.0. The predicted octanol–water partition coefficient (Wildman–Crippen LogP) is 5.45. The molecule has 1 aromatic heterocycles. The number of pyridine rings is 1. The Morgan fingerprint density at radius 3 is 2.00 bits per heavy atom. The average molecular weight is 332 g/mol. The molecule has 0 spiro atoms. The number of rotatable bonds is 4. The summed E-state index contributed by atoms with van der Waals surface area (Å²) in [5, 5.41) is 1.46. The van der Waals surface area contributed by atoms with Crippen LogP contribution >= 0.6 is 0 Å². The summed E-state index contributed by atoms with van der Waals surface area (Å²) in [6.45, 7) is 9.50. The van der Waals surface area contributed by atoms with Crippen LogP contribution in [0.15, 0.2) is 72.9 Å². The molecule has 0 aliphatic heterocycles. The van der Waals surface area contributed by atoms with Gasteiger partial charge in [-0.05, 0) is 22.4 Å². The van der Waals surface area contributed by atoms with Crippen LogP contribution in [0.25, 0.3) is 11.3 Å². The minimum Gasteiger partial charge on any atom is -0.256 e. The maximum Gasteiger partial charge on any atom is 0.0800 e. The van der Waals surface area contributed by atoms with Gasteiger partial charge in [0.1, 0.15) is 0 Å². The molecule has 1 nitrogen and oxygen atoms in total. The third-order valence-electron chi connectivity index (χ3n) is 4.58. The van der Waals surface area contributed by atoms with E-state index < -0.39 is 8.07 Å². The summed E-state index contributed by atoms with van der Waals surface area (Å²) < 4.78 is 0. The highest BCUT2D eigenvalue weighted by Crippen LogP contribution is 2.27.